The monoisotopic (exact) mass is 250 g/mol. The fourth-order valence-corrected chi connectivity index (χ4v) is 1.57. The Bertz CT molecular complexity index is 565. The molecule has 0 spiro atoms. The van der Waals surface area contributed by atoms with Gasteiger partial charge in [-0.1, -0.05) is 0 Å². The molecule has 0 fully saturated rings. The van der Waals surface area contributed by atoms with E-state index in [-0.39, 0.29) is 11.1 Å². The van der Waals surface area contributed by atoms with Crippen LogP contribution in [-0.4, -0.2) is 30.6 Å². The van der Waals surface area contributed by atoms with E-state index in [0.717, 1.165) is 12.1 Å². The molecule has 0 atom stereocenters. The SMILES string of the molecule is Oc1ccc(-c2ccc(O)c(O)c2O)c(O)c1O. The number of hydrogen-bond donors (Lipinski definition) is 6. The van der Waals surface area contributed by atoms with Gasteiger partial charge >= 0.3 is 0 Å². The van der Waals surface area contributed by atoms with Gasteiger partial charge in [-0.2, -0.15) is 0 Å². The lowest BCUT2D eigenvalue weighted by Gasteiger charge is -2.10. The molecule has 0 saturated carbocycles. The Balaban J connectivity index is 2.71. The molecule has 0 saturated heterocycles. The average molecular weight is 250 g/mol. The first-order valence-electron chi connectivity index (χ1n) is 4.91. The summed E-state index contributed by atoms with van der Waals surface area (Å²) in [7, 11) is 0. The van der Waals surface area contributed by atoms with Crippen molar-refractivity contribution in [3.63, 3.8) is 0 Å². The normalized spacial score (nSPS) is 10.4. The van der Waals surface area contributed by atoms with Crippen LogP contribution in [0.4, 0.5) is 0 Å². The molecule has 0 aromatic heterocycles. The quantitative estimate of drug-likeness (QED) is 0.427. The second-order valence-corrected chi connectivity index (χ2v) is 3.66. The number of hydrogen-bond acceptors (Lipinski definition) is 6. The lowest BCUT2D eigenvalue weighted by Crippen LogP contribution is -1.83. The third-order valence-electron chi connectivity index (χ3n) is 2.55. The molecule has 0 radical (unpaired) electrons. The Morgan fingerprint density at radius 3 is 1.11 bits per heavy atom. The van der Waals surface area contributed by atoms with Crippen molar-refractivity contribution in [3.05, 3.63) is 24.3 Å². The Kier molecular flexibility index (Phi) is 2.55. The molecule has 6 nitrogen and oxygen atoms in total. The van der Waals surface area contributed by atoms with E-state index in [0.29, 0.717) is 0 Å². The minimum atomic E-state index is -0.737. The van der Waals surface area contributed by atoms with E-state index in [9.17, 15) is 30.6 Å². The van der Waals surface area contributed by atoms with Gasteiger partial charge in [0.1, 0.15) is 0 Å². The first kappa shape index (κ1) is 11.7. The van der Waals surface area contributed by atoms with Gasteiger partial charge in [0.2, 0.25) is 11.5 Å². The summed E-state index contributed by atoms with van der Waals surface area (Å²) in [5.74, 6) is -3.79. The minimum absolute atomic E-state index is 0.00176. The lowest BCUT2D eigenvalue weighted by atomic mass is 10.0. The Morgan fingerprint density at radius 2 is 0.778 bits per heavy atom. The number of aromatic hydroxyl groups is 6. The van der Waals surface area contributed by atoms with Crippen molar-refractivity contribution in [1.29, 1.82) is 0 Å². The third-order valence-corrected chi connectivity index (χ3v) is 2.55. The van der Waals surface area contributed by atoms with Gasteiger partial charge in [0.05, 0.1) is 0 Å². The molecule has 0 bridgehead atoms. The molecule has 18 heavy (non-hydrogen) atoms. The summed E-state index contributed by atoms with van der Waals surface area (Å²) in [5, 5.41) is 56.4. The van der Waals surface area contributed by atoms with E-state index in [1.54, 1.807) is 0 Å². The summed E-state index contributed by atoms with van der Waals surface area (Å²) >= 11 is 0. The Labute approximate surface area is 101 Å². The molecule has 0 unspecified atom stereocenters. The predicted octanol–water partition coefficient (Wildman–Crippen LogP) is 1.59. The van der Waals surface area contributed by atoms with Crippen molar-refractivity contribution in [1.82, 2.24) is 0 Å². The highest BCUT2D eigenvalue weighted by Gasteiger charge is 2.18. The molecule has 0 aliphatic rings. The minimum Gasteiger partial charge on any atom is -0.504 e. The summed E-state index contributed by atoms with van der Waals surface area (Å²) < 4.78 is 0. The summed E-state index contributed by atoms with van der Waals surface area (Å²) in [6, 6.07) is 4.73. The topological polar surface area (TPSA) is 121 Å². The fraction of sp³-hybridized carbons (Fsp3) is 0. The summed E-state index contributed by atoms with van der Waals surface area (Å²) in [4.78, 5) is 0. The highest BCUT2D eigenvalue weighted by atomic mass is 16.3. The van der Waals surface area contributed by atoms with Gasteiger partial charge in [-0.3, -0.25) is 0 Å². The van der Waals surface area contributed by atoms with Crippen LogP contribution < -0.4 is 0 Å². The van der Waals surface area contributed by atoms with Crippen LogP contribution in [0.5, 0.6) is 34.5 Å². The standard InChI is InChI=1S/C12H10O6/c13-7-3-1-5(9(15)11(7)17)6-2-4-8(14)12(18)10(6)16/h1-4,13-18H. The summed E-state index contributed by atoms with van der Waals surface area (Å²) in [5.41, 5.74) is -0.00352. The molecule has 0 aliphatic carbocycles. The number of phenols is 6. The average Bonchev–Trinajstić information content (AvgIpc) is 2.35. The van der Waals surface area contributed by atoms with Crippen molar-refractivity contribution in [3.8, 4) is 45.6 Å². The Hall–Kier alpha value is -2.76. The van der Waals surface area contributed by atoms with E-state index >= 15 is 0 Å². The predicted molar refractivity (Wildman–Crippen MR) is 61.9 cm³/mol. The van der Waals surface area contributed by atoms with Gasteiger partial charge in [0.15, 0.2) is 23.0 Å². The van der Waals surface area contributed by atoms with Crippen LogP contribution in [0.25, 0.3) is 11.1 Å². The van der Waals surface area contributed by atoms with Gasteiger partial charge in [0, 0.05) is 11.1 Å². The largest absolute Gasteiger partial charge is 0.504 e. The molecule has 0 amide bonds. The molecule has 6 heteroatoms. The van der Waals surface area contributed by atoms with Gasteiger partial charge in [-0.05, 0) is 24.3 Å². The molecular weight excluding hydrogens is 240 g/mol. The highest BCUT2D eigenvalue weighted by molar-refractivity contribution is 5.81. The van der Waals surface area contributed by atoms with E-state index in [1.165, 1.54) is 12.1 Å². The maximum Gasteiger partial charge on any atom is 0.200 e. The van der Waals surface area contributed by atoms with Gasteiger partial charge in [-0.25, -0.2) is 0 Å². The van der Waals surface area contributed by atoms with Crippen LogP contribution in [0.1, 0.15) is 0 Å². The first-order chi connectivity index (χ1) is 8.43. The molecular formula is C12H10O6. The van der Waals surface area contributed by atoms with Gasteiger partial charge < -0.3 is 30.6 Å². The van der Waals surface area contributed by atoms with Crippen molar-refractivity contribution in [2.45, 2.75) is 0 Å². The van der Waals surface area contributed by atoms with E-state index < -0.39 is 34.5 Å². The van der Waals surface area contributed by atoms with Crippen LogP contribution in [0.3, 0.4) is 0 Å². The zero-order valence-corrected chi connectivity index (χ0v) is 8.99. The smallest absolute Gasteiger partial charge is 0.200 e. The maximum atomic E-state index is 9.65. The molecule has 2 rings (SSSR count). The van der Waals surface area contributed by atoms with Crippen molar-refractivity contribution in [2.24, 2.45) is 0 Å². The third kappa shape index (κ3) is 1.60. The van der Waals surface area contributed by atoms with E-state index in [2.05, 4.69) is 0 Å². The Morgan fingerprint density at radius 1 is 0.444 bits per heavy atom. The second kappa shape index (κ2) is 3.92. The highest BCUT2D eigenvalue weighted by Crippen LogP contribution is 2.48. The second-order valence-electron chi connectivity index (χ2n) is 3.66. The first-order valence-corrected chi connectivity index (χ1v) is 4.91. The van der Waals surface area contributed by atoms with Crippen LogP contribution >= 0.6 is 0 Å². The molecule has 0 aliphatic heterocycles. The zero-order valence-electron chi connectivity index (χ0n) is 8.99. The number of rotatable bonds is 1. The molecule has 6 N–H and O–H groups in total. The van der Waals surface area contributed by atoms with Crippen LogP contribution in [0.15, 0.2) is 24.3 Å². The summed E-state index contributed by atoms with van der Waals surface area (Å²) in [6.45, 7) is 0. The fourth-order valence-electron chi connectivity index (χ4n) is 1.57. The molecule has 2 aromatic rings. The lowest BCUT2D eigenvalue weighted by molar-refractivity contribution is 0.365. The van der Waals surface area contributed by atoms with Crippen LogP contribution in [0, 0.1) is 0 Å². The van der Waals surface area contributed by atoms with Crippen molar-refractivity contribution in [2.75, 3.05) is 0 Å². The molecule has 0 heterocycles. The van der Waals surface area contributed by atoms with Crippen LogP contribution in [0.2, 0.25) is 0 Å². The van der Waals surface area contributed by atoms with Crippen molar-refractivity contribution < 1.29 is 30.6 Å². The number of phenolic OH excluding ortho intramolecular Hbond substituents is 6. The maximum absolute atomic E-state index is 9.65. The van der Waals surface area contributed by atoms with Crippen LogP contribution in [-0.2, 0) is 0 Å². The molecule has 2 aromatic carbocycles. The summed E-state index contributed by atoms with van der Waals surface area (Å²) in [6.07, 6.45) is 0. The van der Waals surface area contributed by atoms with Gasteiger partial charge in [-0.15, -0.1) is 0 Å². The van der Waals surface area contributed by atoms with Gasteiger partial charge in [0.25, 0.3) is 0 Å². The van der Waals surface area contributed by atoms with E-state index in [1.807, 2.05) is 0 Å². The molecule has 94 valence electrons. The number of benzene rings is 2. The zero-order chi connectivity index (χ0) is 13.4. The van der Waals surface area contributed by atoms with E-state index in [4.69, 9.17) is 0 Å². The van der Waals surface area contributed by atoms with Crippen molar-refractivity contribution >= 4 is 0 Å².